The summed E-state index contributed by atoms with van der Waals surface area (Å²) in [6.45, 7) is 2.11. The van der Waals surface area contributed by atoms with Gasteiger partial charge in [-0.25, -0.2) is 4.98 Å². The summed E-state index contributed by atoms with van der Waals surface area (Å²) in [6, 6.07) is 12.4. The van der Waals surface area contributed by atoms with Gasteiger partial charge in [0.2, 0.25) is 5.91 Å². The lowest BCUT2D eigenvalue weighted by molar-refractivity contribution is -0.384. The van der Waals surface area contributed by atoms with Crippen molar-refractivity contribution in [3.8, 4) is 11.3 Å². The van der Waals surface area contributed by atoms with Gasteiger partial charge >= 0.3 is 0 Å². The Balaban J connectivity index is 1.52. The highest BCUT2D eigenvalue weighted by Gasteiger charge is 2.16. The number of rotatable bonds is 6. The third-order valence-corrected chi connectivity index (χ3v) is 5.92. The molecule has 4 aromatic rings. The van der Waals surface area contributed by atoms with E-state index in [-0.39, 0.29) is 23.0 Å². The van der Waals surface area contributed by atoms with Crippen LogP contribution < -0.4 is 5.32 Å². The van der Waals surface area contributed by atoms with Gasteiger partial charge in [-0.05, 0) is 24.1 Å². The van der Waals surface area contributed by atoms with Crippen molar-refractivity contribution >= 4 is 45.2 Å². The van der Waals surface area contributed by atoms with Crippen LogP contribution in [0.25, 0.3) is 16.2 Å². The number of aromatic nitrogens is 2. The number of carbonyl (C=O) groups is 1. The third kappa shape index (κ3) is 4.05. The molecular formula is C21H17ClN4O3S. The monoisotopic (exact) mass is 440 g/mol. The molecule has 152 valence electrons. The quantitative estimate of drug-likeness (QED) is 0.322. The molecule has 2 heterocycles. The van der Waals surface area contributed by atoms with Gasteiger partial charge in [0.05, 0.1) is 17.0 Å². The van der Waals surface area contributed by atoms with Crippen molar-refractivity contribution in [2.24, 2.45) is 0 Å². The van der Waals surface area contributed by atoms with E-state index in [1.807, 2.05) is 28.1 Å². The Labute approximate surface area is 181 Å². The number of nitrogens with zero attached hydrogens (tertiary/aromatic N) is 3. The van der Waals surface area contributed by atoms with E-state index in [2.05, 4.69) is 29.4 Å². The number of hydrogen-bond acceptors (Lipinski definition) is 5. The molecule has 4 rings (SSSR count). The predicted molar refractivity (Wildman–Crippen MR) is 118 cm³/mol. The number of nitro groups is 1. The zero-order valence-electron chi connectivity index (χ0n) is 16.0. The minimum Gasteiger partial charge on any atom is -0.325 e. The van der Waals surface area contributed by atoms with Crippen LogP contribution in [-0.2, 0) is 17.6 Å². The molecule has 1 amide bonds. The maximum atomic E-state index is 12.5. The van der Waals surface area contributed by atoms with Crippen LogP contribution >= 0.6 is 22.9 Å². The van der Waals surface area contributed by atoms with Crippen LogP contribution in [0.5, 0.6) is 0 Å². The SMILES string of the molecule is CCc1ccc(-c2cn3c(CC(=O)Nc4ccc(Cl)c([N+](=O)[O-])c4)csc3n2)cc1. The summed E-state index contributed by atoms with van der Waals surface area (Å²) < 4.78 is 1.90. The minimum absolute atomic E-state index is 0.0236. The molecule has 30 heavy (non-hydrogen) atoms. The van der Waals surface area contributed by atoms with E-state index in [0.717, 1.165) is 28.3 Å². The van der Waals surface area contributed by atoms with Crippen LogP contribution in [0.4, 0.5) is 11.4 Å². The fraction of sp³-hybridized carbons (Fsp3) is 0.143. The van der Waals surface area contributed by atoms with E-state index in [1.165, 1.54) is 35.1 Å². The van der Waals surface area contributed by atoms with Crippen molar-refractivity contribution in [2.45, 2.75) is 19.8 Å². The molecule has 0 saturated heterocycles. The van der Waals surface area contributed by atoms with Gasteiger partial charge in [0.1, 0.15) is 5.02 Å². The van der Waals surface area contributed by atoms with Gasteiger partial charge in [-0.3, -0.25) is 19.3 Å². The molecule has 0 aliphatic rings. The second-order valence-electron chi connectivity index (χ2n) is 6.70. The number of nitrogens with one attached hydrogen (secondary N) is 1. The summed E-state index contributed by atoms with van der Waals surface area (Å²) in [5, 5.41) is 15.6. The summed E-state index contributed by atoms with van der Waals surface area (Å²) in [7, 11) is 0. The number of anilines is 1. The van der Waals surface area contributed by atoms with E-state index in [0.29, 0.717) is 5.69 Å². The molecule has 9 heteroatoms. The number of thiazole rings is 1. The van der Waals surface area contributed by atoms with Gasteiger partial charge in [-0.2, -0.15) is 0 Å². The van der Waals surface area contributed by atoms with Crippen LogP contribution in [0.3, 0.4) is 0 Å². The molecule has 0 unspecified atom stereocenters. The number of aryl methyl sites for hydroxylation is 1. The summed E-state index contributed by atoms with van der Waals surface area (Å²) in [4.78, 5) is 28.4. The number of benzene rings is 2. The maximum Gasteiger partial charge on any atom is 0.289 e. The summed E-state index contributed by atoms with van der Waals surface area (Å²) >= 11 is 7.27. The third-order valence-electron chi connectivity index (χ3n) is 4.71. The van der Waals surface area contributed by atoms with E-state index in [4.69, 9.17) is 11.6 Å². The van der Waals surface area contributed by atoms with Crippen LogP contribution in [-0.4, -0.2) is 20.2 Å². The highest BCUT2D eigenvalue weighted by Crippen LogP contribution is 2.28. The van der Waals surface area contributed by atoms with Crippen molar-refractivity contribution in [3.05, 3.63) is 80.4 Å². The van der Waals surface area contributed by atoms with Gasteiger partial charge in [0.15, 0.2) is 4.96 Å². The molecule has 0 atom stereocenters. The summed E-state index contributed by atoms with van der Waals surface area (Å²) in [6.07, 6.45) is 3.01. The standard InChI is InChI=1S/C21H17ClN4O3S/c1-2-13-3-5-14(6-4-13)18-11-25-16(12-30-21(25)24-18)10-20(27)23-15-7-8-17(22)19(9-15)26(28)29/h3-9,11-12H,2,10H2,1H3,(H,23,27). The number of halogens is 1. The largest absolute Gasteiger partial charge is 0.325 e. The number of hydrogen-bond donors (Lipinski definition) is 1. The van der Waals surface area contributed by atoms with Crippen LogP contribution in [0.15, 0.2) is 54.0 Å². The molecule has 2 aromatic carbocycles. The Morgan fingerprint density at radius 1 is 1.27 bits per heavy atom. The number of imidazole rings is 1. The number of amides is 1. The Morgan fingerprint density at radius 3 is 2.73 bits per heavy atom. The van der Waals surface area contributed by atoms with Gasteiger partial charge in [-0.1, -0.05) is 42.8 Å². The minimum atomic E-state index is -0.583. The fourth-order valence-corrected chi connectivity index (χ4v) is 4.17. The Bertz CT molecular complexity index is 1250. The molecule has 0 spiro atoms. The first kappa shape index (κ1) is 20.1. The summed E-state index contributed by atoms with van der Waals surface area (Å²) in [5.41, 5.74) is 4.00. The van der Waals surface area contributed by atoms with Crippen LogP contribution in [0, 0.1) is 10.1 Å². The lowest BCUT2D eigenvalue weighted by atomic mass is 10.1. The highest BCUT2D eigenvalue weighted by molar-refractivity contribution is 7.15. The molecule has 0 bridgehead atoms. The van der Waals surface area contributed by atoms with E-state index < -0.39 is 4.92 Å². The lowest BCUT2D eigenvalue weighted by Crippen LogP contribution is -2.15. The summed E-state index contributed by atoms with van der Waals surface area (Å²) in [5.74, 6) is -0.283. The second-order valence-corrected chi connectivity index (χ2v) is 7.95. The van der Waals surface area contributed by atoms with Crippen LogP contribution in [0.1, 0.15) is 18.2 Å². The second kappa shape index (κ2) is 8.25. The number of carbonyl (C=O) groups excluding carboxylic acids is 1. The lowest BCUT2D eigenvalue weighted by Gasteiger charge is -2.05. The zero-order chi connectivity index (χ0) is 21.3. The predicted octanol–water partition coefficient (Wildman–Crippen LogP) is 5.37. The molecule has 0 aliphatic carbocycles. The number of fused-ring (bicyclic) bond motifs is 1. The molecule has 1 N–H and O–H groups in total. The van der Waals surface area contributed by atoms with E-state index in [9.17, 15) is 14.9 Å². The molecule has 7 nitrogen and oxygen atoms in total. The first-order valence-corrected chi connectivity index (χ1v) is 10.5. The zero-order valence-corrected chi connectivity index (χ0v) is 17.5. The fourth-order valence-electron chi connectivity index (χ4n) is 3.11. The highest BCUT2D eigenvalue weighted by atomic mass is 35.5. The van der Waals surface area contributed by atoms with Gasteiger partial charge in [0.25, 0.3) is 5.69 Å². The van der Waals surface area contributed by atoms with E-state index >= 15 is 0 Å². The van der Waals surface area contributed by atoms with Gasteiger partial charge in [-0.15, -0.1) is 11.3 Å². The molecule has 0 saturated carbocycles. The molecule has 0 radical (unpaired) electrons. The first-order valence-electron chi connectivity index (χ1n) is 9.23. The molecule has 0 aliphatic heterocycles. The van der Waals surface area contributed by atoms with Crippen molar-refractivity contribution in [1.82, 2.24) is 9.38 Å². The van der Waals surface area contributed by atoms with Crippen molar-refractivity contribution in [2.75, 3.05) is 5.32 Å². The Kier molecular flexibility index (Phi) is 5.52. The Morgan fingerprint density at radius 2 is 2.03 bits per heavy atom. The molecular weight excluding hydrogens is 424 g/mol. The normalized spacial score (nSPS) is 11.0. The molecule has 2 aromatic heterocycles. The van der Waals surface area contributed by atoms with Crippen molar-refractivity contribution < 1.29 is 9.72 Å². The maximum absolute atomic E-state index is 12.5. The molecule has 0 fully saturated rings. The first-order chi connectivity index (χ1) is 14.4. The van der Waals surface area contributed by atoms with Gasteiger partial charge < -0.3 is 5.32 Å². The Hall–Kier alpha value is -3.23. The smallest absolute Gasteiger partial charge is 0.289 e. The average Bonchev–Trinajstić information content (AvgIpc) is 3.31. The number of nitro benzene ring substituents is 1. The van der Waals surface area contributed by atoms with E-state index in [1.54, 1.807) is 0 Å². The van der Waals surface area contributed by atoms with Crippen molar-refractivity contribution in [1.29, 1.82) is 0 Å². The van der Waals surface area contributed by atoms with Crippen LogP contribution in [0.2, 0.25) is 5.02 Å². The van der Waals surface area contributed by atoms with Gasteiger partial charge in [0, 0.05) is 34.6 Å². The topological polar surface area (TPSA) is 89.5 Å². The average molecular weight is 441 g/mol. The van der Waals surface area contributed by atoms with Crippen molar-refractivity contribution in [3.63, 3.8) is 0 Å².